The number of rotatable bonds is 4. The molecule has 2 aromatic rings. The summed E-state index contributed by atoms with van der Waals surface area (Å²) < 4.78 is 6.09. The zero-order valence-corrected chi connectivity index (χ0v) is 9.96. The van der Waals surface area contributed by atoms with Crippen molar-refractivity contribution < 1.29 is 9.84 Å². The van der Waals surface area contributed by atoms with Crippen molar-refractivity contribution in [2.45, 2.75) is 13.2 Å². The number of hydrogen-bond acceptors (Lipinski definition) is 4. The maximum atomic E-state index is 9.11. The Bertz CT molecular complexity index is 473. The minimum absolute atomic E-state index is 0.0282. The summed E-state index contributed by atoms with van der Waals surface area (Å²) in [6.07, 6.45) is 1.69. The molecule has 1 heterocycles. The number of aliphatic hydroxyl groups is 1. The van der Waals surface area contributed by atoms with Gasteiger partial charge in [0.05, 0.1) is 11.5 Å². The molecule has 0 saturated carbocycles. The highest BCUT2D eigenvalue weighted by molar-refractivity contribution is 7.15. The van der Waals surface area contributed by atoms with Gasteiger partial charge in [-0.1, -0.05) is 29.8 Å². The Morgan fingerprint density at radius 3 is 2.88 bits per heavy atom. The van der Waals surface area contributed by atoms with Crippen molar-refractivity contribution in [3.05, 3.63) is 45.4 Å². The number of aliphatic hydroxyl groups excluding tert-OH is 1. The van der Waals surface area contributed by atoms with E-state index >= 15 is 0 Å². The highest BCUT2D eigenvalue weighted by Gasteiger charge is 2.04. The van der Waals surface area contributed by atoms with Gasteiger partial charge in [-0.25, -0.2) is 4.98 Å². The molecule has 3 nitrogen and oxygen atoms in total. The largest absolute Gasteiger partial charge is 0.488 e. The Hall–Kier alpha value is -1.10. The van der Waals surface area contributed by atoms with Gasteiger partial charge in [0.15, 0.2) is 4.47 Å². The van der Waals surface area contributed by atoms with Crippen LogP contribution in [0.25, 0.3) is 0 Å². The molecule has 0 aliphatic rings. The summed E-state index contributed by atoms with van der Waals surface area (Å²) in [5.74, 6) is 0.689. The number of hydrogen-bond donors (Lipinski definition) is 1. The molecule has 84 valence electrons. The van der Waals surface area contributed by atoms with Crippen molar-refractivity contribution in [2.75, 3.05) is 0 Å². The first-order chi connectivity index (χ1) is 7.79. The number of ether oxygens (including phenoxy) is 1. The molecule has 0 unspecified atom stereocenters. The molecule has 0 amide bonds. The first-order valence-corrected chi connectivity index (χ1v) is 5.91. The van der Waals surface area contributed by atoms with Gasteiger partial charge in [0, 0.05) is 11.8 Å². The number of halogens is 1. The zero-order valence-electron chi connectivity index (χ0n) is 8.39. The molecule has 16 heavy (non-hydrogen) atoms. The predicted molar refractivity (Wildman–Crippen MR) is 63.8 cm³/mol. The first kappa shape index (κ1) is 11.4. The average molecular weight is 256 g/mol. The quantitative estimate of drug-likeness (QED) is 0.914. The minimum atomic E-state index is -0.0282. The van der Waals surface area contributed by atoms with Gasteiger partial charge in [-0.3, -0.25) is 0 Å². The molecule has 0 fully saturated rings. The maximum absolute atomic E-state index is 9.11. The third kappa shape index (κ3) is 2.72. The number of nitrogens with zero attached hydrogens (tertiary/aromatic N) is 1. The SMILES string of the molecule is OCc1ccccc1OCc1cnc(Cl)s1. The van der Waals surface area contributed by atoms with Gasteiger partial charge in [0.25, 0.3) is 0 Å². The molecule has 2 rings (SSSR count). The lowest BCUT2D eigenvalue weighted by Gasteiger charge is -2.08. The lowest BCUT2D eigenvalue weighted by Crippen LogP contribution is -1.96. The van der Waals surface area contributed by atoms with Crippen LogP contribution in [0.3, 0.4) is 0 Å². The fraction of sp³-hybridized carbons (Fsp3) is 0.182. The molecule has 0 aliphatic carbocycles. The van der Waals surface area contributed by atoms with Gasteiger partial charge < -0.3 is 9.84 Å². The number of para-hydroxylation sites is 1. The first-order valence-electron chi connectivity index (χ1n) is 4.71. The van der Waals surface area contributed by atoms with Crippen LogP contribution in [0.2, 0.25) is 4.47 Å². The second-order valence-corrected chi connectivity index (χ2v) is 4.83. The smallest absolute Gasteiger partial charge is 0.183 e. The normalized spacial score (nSPS) is 10.4. The van der Waals surface area contributed by atoms with Crippen LogP contribution in [-0.2, 0) is 13.2 Å². The molecule has 1 N–H and O–H groups in total. The van der Waals surface area contributed by atoms with Crippen LogP contribution in [0.5, 0.6) is 5.75 Å². The lowest BCUT2D eigenvalue weighted by molar-refractivity contribution is 0.260. The highest BCUT2D eigenvalue weighted by atomic mass is 35.5. The summed E-state index contributed by atoms with van der Waals surface area (Å²) >= 11 is 7.10. The van der Waals surface area contributed by atoms with E-state index in [4.69, 9.17) is 21.4 Å². The van der Waals surface area contributed by atoms with E-state index in [1.54, 1.807) is 6.20 Å². The topological polar surface area (TPSA) is 42.4 Å². The molecule has 0 bridgehead atoms. The summed E-state index contributed by atoms with van der Waals surface area (Å²) in [4.78, 5) is 4.88. The average Bonchev–Trinajstić information content (AvgIpc) is 2.73. The van der Waals surface area contributed by atoms with Crippen molar-refractivity contribution in [3.63, 3.8) is 0 Å². The zero-order chi connectivity index (χ0) is 11.4. The van der Waals surface area contributed by atoms with Crippen molar-refractivity contribution in [1.82, 2.24) is 4.98 Å². The second-order valence-electron chi connectivity index (χ2n) is 3.13. The molecule has 1 aromatic carbocycles. The monoisotopic (exact) mass is 255 g/mol. The third-order valence-corrected chi connectivity index (χ3v) is 3.13. The fourth-order valence-electron chi connectivity index (χ4n) is 1.27. The molecule has 0 saturated heterocycles. The van der Waals surface area contributed by atoms with Gasteiger partial charge in [0.1, 0.15) is 12.4 Å². The van der Waals surface area contributed by atoms with E-state index in [1.807, 2.05) is 24.3 Å². The summed E-state index contributed by atoms with van der Waals surface area (Å²) in [5, 5.41) is 9.11. The van der Waals surface area contributed by atoms with E-state index in [0.717, 1.165) is 10.4 Å². The Kier molecular flexibility index (Phi) is 3.77. The molecule has 1 aromatic heterocycles. The van der Waals surface area contributed by atoms with Gasteiger partial charge >= 0.3 is 0 Å². The maximum Gasteiger partial charge on any atom is 0.183 e. The Balaban J connectivity index is 2.04. The van der Waals surface area contributed by atoms with Crippen LogP contribution in [0.4, 0.5) is 0 Å². The lowest BCUT2D eigenvalue weighted by atomic mass is 10.2. The molecule has 0 aliphatic heterocycles. The standard InChI is InChI=1S/C11H10ClNO2S/c12-11-13-5-9(16-11)7-15-10-4-2-1-3-8(10)6-14/h1-5,14H,6-7H2. The van der Waals surface area contributed by atoms with Crippen molar-refractivity contribution in [2.24, 2.45) is 0 Å². The van der Waals surface area contributed by atoms with E-state index in [1.165, 1.54) is 11.3 Å². The summed E-state index contributed by atoms with van der Waals surface area (Å²) in [5.41, 5.74) is 0.776. The molecular formula is C11H10ClNO2S. The molecular weight excluding hydrogens is 246 g/mol. The van der Waals surface area contributed by atoms with E-state index in [2.05, 4.69) is 4.98 Å². The van der Waals surface area contributed by atoms with E-state index in [9.17, 15) is 0 Å². The van der Waals surface area contributed by atoms with Crippen molar-refractivity contribution >= 4 is 22.9 Å². The van der Waals surface area contributed by atoms with Crippen LogP contribution >= 0.6 is 22.9 Å². The van der Waals surface area contributed by atoms with Crippen LogP contribution in [0.1, 0.15) is 10.4 Å². The predicted octanol–water partition coefficient (Wildman–Crippen LogP) is 2.87. The summed E-state index contributed by atoms with van der Waals surface area (Å²) in [6.45, 7) is 0.390. The van der Waals surface area contributed by atoms with E-state index < -0.39 is 0 Å². The van der Waals surface area contributed by atoms with Crippen molar-refractivity contribution in [1.29, 1.82) is 0 Å². The van der Waals surface area contributed by atoms with Crippen LogP contribution in [0.15, 0.2) is 30.5 Å². The Morgan fingerprint density at radius 1 is 1.38 bits per heavy atom. The van der Waals surface area contributed by atoms with Gasteiger partial charge in [-0.2, -0.15) is 0 Å². The van der Waals surface area contributed by atoms with Crippen LogP contribution < -0.4 is 4.74 Å². The number of aromatic nitrogens is 1. The highest BCUT2D eigenvalue weighted by Crippen LogP contribution is 2.22. The molecule has 5 heteroatoms. The third-order valence-electron chi connectivity index (χ3n) is 2.04. The fourth-order valence-corrected chi connectivity index (χ4v) is 2.17. The van der Waals surface area contributed by atoms with Gasteiger partial charge in [-0.15, -0.1) is 11.3 Å². The van der Waals surface area contributed by atoms with Gasteiger partial charge in [-0.05, 0) is 6.07 Å². The van der Waals surface area contributed by atoms with E-state index in [0.29, 0.717) is 16.8 Å². The van der Waals surface area contributed by atoms with E-state index in [-0.39, 0.29) is 6.61 Å². The summed E-state index contributed by atoms with van der Waals surface area (Å²) in [6, 6.07) is 7.39. The molecule has 0 spiro atoms. The van der Waals surface area contributed by atoms with Crippen molar-refractivity contribution in [3.8, 4) is 5.75 Å². The van der Waals surface area contributed by atoms with Crippen LogP contribution in [-0.4, -0.2) is 10.1 Å². The minimum Gasteiger partial charge on any atom is -0.488 e. The number of thiazole rings is 1. The van der Waals surface area contributed by atoms with Gasteiger partial charge in [0.2, 0.25) is 0 Å². The van der Waals surface area contributed by atoms with Crippen LogP contribution in [0, 0.1) is 0 Å². The molecule has 0 atom stereocenters. The molecule has 0 radical (unpaired) electrons. The summed E-state index contributed by atoms with van der Waals surface area (Å²) in [7, 11) is 0. The Morgan fingerprint density at radius 2 is 2.19 bits per heavy atom. The second kappa shape index (κ2) is 5.30. The number of benzene rings is 1. The Labute approximate surface area is 102 Å².